The summed E-state index contributed by atoms with van der Waals surface area (Å²) in [6.45, 7) is 6.29. The lowest BCUT2D eigenvalue weighted by atomic mass is 9.74. The van der Waals surface area contributed by atoms with E-state index in [1.54, 1.807) is 0 Å². The van der Waals surface area contributed by atoms with Gasteiger partial charge in [-0.1, -0.05) is 12.8 Å². The first-order valence-corrected chi connectivity index (χ1v) is 12.9. The fourth-order valence-electron chi connectivity index (χ4n) is 6.17. The van der Waals surface area contributed by atoms with Crippen LogP contribution in [0.3, 0.4) is 0 Å². The van der Waals surface area contributed by atoms with Crippen LogP contribution in [0.2, 0.25) is 0 Å². The van der Waals surface area contributed by atoms with Gasteiger partial charge in [-0.2, -0.15) is 0 Å². The number of carbonyl (C=O) groups is 1. The molecule has 5 rings (SSSR count). The molecular formula is C26H39N3O3. The Hall–Kier alpha value is -1.66. The van der Waals surface area contributed by atoms with E-state index in [4.69, 9.17) is 4.74 Å². The first kappa shape index (κ1) is 22.1. The van der Waals surface area contributed by atoms with Gasteiger partial charge in [-0.25, -0.2) is 4.98 Å². The smallest absolute Gasteiger partial charge is 0.136 e. The van der Waals surface area contributed by atoms with Crippen molar-refractivity contribution in [1.82, 2.24) is 9.88 Å². The largest absolute Gasteiger partial charge is 0.493 e. The van der Waals surface area contributed by atoms with E-state index in [-0.39, 0.29) is 0 Å². The molecule has 2 aliphatic carbocycles. The molecule has 1 aromatic heterocycles. The van der Waals surface area contributed by atoms with Gasteiger partial charge < -0.3 is 14.7 Å². The van der Waals surface area contributed by atoms with Gasteiger partial charge >= 0.3 is 0 Å². The molecule has 1 saturated heterocycles. The maximum absolute atomic E-state index is 12.3. The summed E-state index contributed by atoms with van der Waals surface area (Å²) in [6, 6.07) is 1.99. The number of ketones is 1. The predicted molar refractivity (Wildman–Crippen MR) is 125 cm³/mol. The molecule has 0 unspecified atom stereocenters. The Morgan fingerprint density at radius 1 is 1.12 bits per heavy atom. The quantitative estimate of drug-likeness (QED) is 0.665. The Bertz CT molecular complexity index is 794. The average Bonchev–Trinajstić information content (AvgIpc) is 3.27. The van der Waals surface area contributed by atoms with Gasteiger partial charge in [0.05, 0.1) is 12.2 Å². The lowest BCUT2D eigenvalue weighted by Gasteiger charge is -2.37. The zero-order chi connectivity index (χ0) is 22.0. The van der Waals surface area contributed by atoms with Gasteiger partial charge in [0.1, 0.15) is 17.4 Å². The maximum atomic E-state index is 12.3. The number of aromatic nitrogens is 1. The summed E-state index contributed by atoms with van der Waals surface area (Å²) >= 11 is 0. The molecule has 1 aromatic rings. The van der Waals surface area contributed by atoms with E-state index in [0.717, 1.165) is 76.0 Å². The Balaban J connectivity index is 0.995. The van der Waals surface area contributed by atoms with E-state index in [1.165, 1.54) is 44.2 Å². The standard InChI is InChI=1S/C26H39N3O3/c30-22(19-26(31)9-1-10-26)18-21-4-2-20(3-5-21)7-12-28-13-15-29(16-14-28)25-23-8-17-32-24(23)6-11-27-25/h6,11,20-21,31H,1-5,7-10,12-19H2. The highest BCUT2D eigenvalue weighted by Crippen LogP contribution is 2.38. The van der Waals surface area contributed by atoms with E-state index in [1.807, 2.05) is 12.3 Å². The first-order valence-electron chi connectivity index (χ1n) is 12.9. The normalized spacial score (nSPS) is 27.5. The highest BCUT2D eigenvalue weighted by atomic mass is 16.5. The number of fused-ring (bicyclic) bond motifs is 1. The summed E-state index contributed by atoms with van der Waals surface area (Å²) in [5, 5.41) is 10.2. The maximum Gasteiger partial charge on any atom is 0.136 e. The minimum absolute atomic E-state index is 0.290. The van der Waals surface area contributed by atoms with E-state index in [0.29, 0.717) is 24.5 Å². The van der Waals surface area contributed by atoms with Crippen LogP contribution in [0.15, 0.2) is 12.3 Å². The van der Waals surface area contributed by atoms with Crippen molar-refractivity contribution in [2.24, 2.45) is 11.8 Å². The fraction of sp³-hybridized carbons (Fsp3) is 0.769. The SMILES string of the molecule is O=C(CC1CCC(CCN2CCN(c3nccc4c3CCO4)CC2)CC1)CC1(O)CCC1. The third-order valence-corrected chi connectivity index (χ3v) is 8.42. The van der Waals surface area contributed by atoms with Crippen molar-refractivity contribution >= 4 is 11.6 Å². The van der Waals surface area contributed by atoms with Crippen molar-refractivity contribution in [3.63, 3.8) is 0 Å². The number of rotatable bonds is 8. The van der Waals surface area contributed by atoms with Crippen LogP contribution in [0.5, 0.6) is 5.75 Å². The number of pyridine rings is 1. The number of carbonyl (C=O) groups excluding carboxylic acids is 1. The molecule has 1 N–H and O–H groups in total. The van der Waals surface area contributed by atoms with E-state index < -0.39 is 5.60 Å². The summed E-state index contributed by atoms with van der Waals surface area (Å²) in [5.41, 5.74) is 0.640. The van der Waals surface area contributed by atoms with Gasteiger partial charge in [-0.3, -0.25) is 9.69 Å². The summed E-state index contributed by atoms with van der Waals surface area (Å²) < 4.78 is 5.71. The number of piperazine rings is 1. The topological polar surface area (TPSA) is 65.9 Å². The van der Waals surface area contributed by atoms with Crippen LogP contribution in [0.4, 0.5) is 5.82 Å². The lowest BCUT2D eigenvalue weighted by molar-refractivity contribution is -0.129. The molecule has 32 heavy (non-hydrogen) atoms. The van der Waals surface area contributed by atoms with Gasteiger partial charge in [-0.15, -0.1) is 0 Å². The van der Waals surface area contributed by atoms with Crippen molar-refractivity contribution in [3.05, 3.63) is 17.8 Å². The molecular weight excluding hydrogens is 402 g/mol. The van der Waals surface area contributed by atoms with Crippen molar-refractivity contribution in [2.75, 3.05) is 44.2 Å². The summed E-state index contributed by atoms with van der Waals surface area (Å²) in [7, 11) is 0. The van der Waals surface area contributed by atoms with Crippen LogP contribution in [0.25, 0.3) is 0 Å². The molecule has 3 fully saturated rings. The van der Waals surface area contributed by atoms with E-state index in [9.17, 15) is 9.90 Å². The van der Waals surface area contributed by atoms with Gasteiger partial charge in [0.2, 0.25) is 0 Å². The lowest BCUT2D eigenvalue weighted by Crippen LogP contribution is -2.47. The van der Waals surface area contributed by atoms with Gasteiger partial charge in [0, 0.05) is 57.2 Å². The van der Waals surface area contributed by atoms with Crippen molar-refractivity contribution < 1.29 is 14.6 Å². The summed E-state index contributed by atoms with van der Waals surface area (Å²) in [5.74, 6) is 3.81. The number of nitrogens with zero attached hydrogens (tertiary/aromatic N) is 3. The average molecular weight is 442 g/mol. The van der Waals surface area contributed by atoms with E-state index in [2.05, 4.69) is 14.8 Å². The van der Waals surface area contributed by atoms with Crippen molar-refractivity contribution in [2.45, 2.75) is 76.2 Å². The predicted octanol–water partition coefficient (Wildman–Crippen LogP) is 3.60. The number of Topliss-reactive ketones (excluding diaryl/α,β-unsaturated/α-hetero) is 1. The molecule has 2 saturated carbocycles. The number of anilines is 1. The zero-order valence-electron chi connectivity index (χ0n) is 19.4. The Labute approximate surface area is 192 Å². The minimum atomic E-state index is -0.650. The molecule has 4 aliphatic rings. The fourth-order valence-corrected chi connectivity index (χ4v) is 6.17. The first-order chi connectivity index (χ1) is 15.6. The molecule has 0 atom stereocenters. The Morgan fingerprint density at radius 2 is 1.88 bits per heavy atom. The molecule has 3 heterocycles. The third-order valence-electron chi connectivity index (χ3n) is 8.42. The van der Waals surface area contributed by atoms with E-state index >= 15 is 0 Å². The van der Waals surface area contributed by atoms with Gasteiger partial charge in [0.15, 0.2) is 0 Å². The monoisotopic (exact) mass is 441 g/mol. The van der Waals surface area contributed by atoms with Crippen LogP contribution < -0.4 is 9.64 Å². The molecule has 0 radical (unpaired) electrons. The zero-order valence-corrected chi connectivity index (χ0v) is 19.4. The highest BCUT2D eigenvalue weighted by Gasteiger charge is 2.37. The minimum Gasteiger partial charge on any atom is -0.493 e. The molecule has 0 aromatic carbocycles. The summed E-state index contributed by atoms with van der Waals surface area (Å²) in [4.78, 5) is 22.1. The number of aliphatic hydroxyl groups is 1. The second kappa shape index (κ2) is 9.68. The molecule has 0 bridgehead atoms. The van der Waals surface area contributed by atoms with Crippen LogP contribution in [-0.4, -0.2) is 65.7 Å². The second-order valence-electron chi connectivity index (χ2n) is 10.7. The van der Waals surface area contributed by atoms with Gasteiger partial charge in [0.25, 0.3) is 0 Å². The van der Waals surface area contributed by atoms with Crippen LogP contribution in [0.1, 0.15) is 69.8 Å². The number of hydrogen-bond donors (Lipinski definition) is 1. The Kier molecular flexibility index (Phi) is 6.70. The molecule has 176 valence electrons. The van der Waals surface area contributed by atoms with Crippen molar-refractivity contribution in [3.8, 4) is 5.75 Å². The second-order valence-corrected chi connectivity index (χ2v) is 10.7. The Morgan fingerprint density at radius 3 is 2.59 bits per heavy atom. The van der Waals surface area contributed by atoms with Crippen LogP contribution in [-0.2, 0) is 11.2 Å². The molecule has 6 nitrogen and oxygen atoms in total. The summed E-state index contributed by atoms with van der Waals surface area (Å²) in [6.07, 6.45) is 12.9. The highest BCUT2D eigenvalue weighted by molar-refractivity contribution is 5.79. The van der Waals surface area contributed by atoms with Crippen LogP contribution in [0, 0.1) is 11.8 Å². The van der Waals surface area contributed by atoms with Crippen LogP contribution >= 0.6 is 0 Å². The molecule has 6 heteroatoms. The van der Waals surface area contributed by atoms with Crippen molar-refractivity contribution in [1.29, 1.82) is 0 Å². The molecule has 0 spiro atoms. The third kappa shape index (κ3) is 5.12. The number of ether oxygens (including phenoxy) is 1. The van der Waals surface area contributed by atoms with Gasteiger partial charge in [-0.05, 0) is 63.0 Å². The molecule has 0 amide bonds. The number of hydrogen-bond acceptors (Lipinski definition) is 6. The molecule has 2 aliphatic heterocycles.